The van der Waals surface area contributed by atoms with Crippen LogP contribution in [0, 0.1) is 0 Å². The summed E-state index contributed by atoms with van der Waals surface area (Å²) in [6.07, 6.45) is 8.95. The molecule has 0 nitrogen and oxygen atoms in total. The number of benzene rings is 2. The second kappa shape index (κ2) is 7.11. The van der Waals surface area contributed by atoms with E-state index in [0.717, 1.165) is 12.8 Å². The summed E-state index contributed by atoms with van der Waals surface area (Å²) in [7, 11) is 0. The van der Waals surface area contributed by atoms with Crippen molar-refractivity contribution in [3.8, 4) is 11.1 Å². The van der Waals surface area contributed by atoms with E-state index in [1.165, 1.54) is 16.7 Å². The molecule has 0 bridgehead atoms. The van der Waals surface area contributed by atoms with Crippen LogP contribution in [0.5, 0.6) is 0 Å². The Morgan fingerprint density at radius 2 is 1.68 bits per heavy atom. The first-order chi connectivity index (χ1) is 9.84. The van der Waals surface area contributed by atoms with Gasteiger partial charge in [0, 0.05) is 0 Å². The van der Waals surface area contributed by atoms with Gasteiger partial charge in [0.15, 0.2) is 0 Å². The number of hydrogen-bond donors (Lipinski definition) is 0. The summed E-state index contributed by atoms with van der Waals surface area (Å²) in [5.41, 5.74) is 5.89. The third-order valence-electron chi connectivity index (χ3n) is 4.33. The van der Waals surface area contributed by atoms with Crippen LogP contribution in [0.3, 0.4) is 0 Å². The van der Waals surface area contributed by atoms with Crippen LogP contribution in [0.25, 0.3) is 11.1 Å². The minimum absolute atomic E-state index is 0. The Balaban J connectivity index is 0.000000882. The molecule has 0 atom stereocenters. The molecule has 22 heavy (non-hydrogen) atoms. The fourth-order valence-corrected chi connectivity index (χ4v) is 6.24. The molecular weight excluding hydrogens is 347 g/mol. The summed E-state index contributed by atoms with van der Waals surface area (Å²) < 4.78 is 3.16. The normalized spacial score (nSPS) is 13.1. The van der Waals surface area contributed by atoms with Gasteiger partial charge in [0.1, 0.15) is 0 Å². The fraction of sp³-hybridized carbons (Fsp3) is 0.105. The van der Waals surface area contributed by atoms with E-state index in [-0.39, 0.29) is 24.8 Å². The van der Waals surface area contributed by atoms with E-state index in [4.69, 9.17) is 0 Å². The summed E-state index contributed by atoms with van der Waals surface area (Å²) >= 11 is -1.54. The van der Waals surface area contributed by atoms with Crippen molar-refractivity contribution in [2.75, 3.05) is 0 Å². The quantitative estimate of drug-likeness (QED) is 0.453. The number of hydrogen-bond acceptors (Lipinski definition) is 0. The van der Waals surface area contributed by atoms with Gasteiger partial charge < -0.3 is 24.8 Å². The van der Waals surface area contributed by atoms with Crippen molar-refractivity contribution in [3.05, 3.63) is 75.7 Å². The van der Waals surface area contributed by atoms with Crippen molar-refractivity contribution in [1.29, 1.82) is 0 Å². The zero-order chi connectivity index (χ0) is 13.5. The second-order valence-corrected chi connectivity index (χ2v) is 8.81. The second-order valence-electron chi connectivity index (χ2n) is 5.47. The minimum Gasteiger partial charge on any atom is -1.00 e. The van der Waals surface area contributed by atoms with Gasteiger partial charge in [-0.15, -0.1) is 0 Å². The Kier molecular flexibility index (Phi) is 5.63. The van der Waals surface area contributed by atoms with Gasteiger partial charge in [0.2, 0.25) is 0 Å². The van der Waals surface area contributed by atoms with Crippen LogP contribution in [0.4, 0.5) is 0 Å². The molecule has 2 aromatic carbocycles. The van der Waals surface area contributed by atoms with Gasteiger partial charge in [-0.1, -0.05) is 0 Å². The summed E-state index contributed by atoms with van der Waals surface area (Å²) in [6, 6.07) is 15.6. The van der Waals surface area contributed by atoms with E-state index in [1.54, 1.807) is 13.3 Å². The van der Waals surface area contributed by atoms with Crippen molar-refractivity contribution in [2.24, 2.45) is 0 Å². The molecule has 0 aromatic heterocycles. The van der Waals surface area contributed by atoms with E-state index in [0.29, 0.717) is 0 Å². The first-order valence-electron chi connectivity index (χ1n) is 7.10. The monoisotopic (exact) mass is 362 g/mol. The topological polar surface area (TPSA) is 0 Å². The minimum atomic E-state index is -1.54. The standard InChI is InChI=1S/C13H9.C5H5.CH2.2ClH.Ti/c1-3-7-12-10(5-1)9-11-6-2-4-8-13(11)12;1-2-4-5-3-1;;;;/h1-5,7-8H,9H2;1-3H,4H2;1H2;2*1H;/q;;;;;+2/p-2. The van der Waals surface area contributed by atoms with Gasteiger partial charge in [-0.2, -0.15) is 0 Å². The molecule has 0 fully saturated rings. The Morgan fingerprint density at radius 1 is 0.909 bits per heavy atom. The molecule has 0 spiro atoms. The van der Waals surface area contributed by atoms with Crippen LogP contribution in [0.15, 0.2) is 64.6 Å². The van der Waals surface area contributed by atoms with Crippen LogP contribution in [0.1, 0.15) is 17.5 Å². The Labute approximate surface area is 150 Å². The molecule has 0 heterocycles. The van der Waals surface area contributed by atoms with E-state index in [2.05, 4.69) is 65.5 Å². The Hall–Kier alpha value is -0.916. The SMILES string of the molecule is [CH2]=[Ti+2]([C]1=CC=CC1)[c]1cccc2c1Cc1ccccc1-2.[Cl-].[Cl-]. The number of fused-ring (bicyclic) bond motifs is 3. The summed E-state index contributed by atoms with van der Waals surface area (Å²) in [4.78, 5) is 4.59. The molecule has 0 N–H and O–H groups in total. The molecule has 4 rings (SSSR count). The predicted molar refractivity (Wildman–Crippen MR) is 83.3 cm³/mol. The predicted octanol–water partition coefficient (Wildman–Crippen LogP) is -2.21. The van der Waals surface area contributed by atoms with Gasteiger partial charge in [-0.25, -0.2) is 0 Å². The molecule has 2 aromatic rings. The van der Waals surface area contributed by atoms with E-state index >= 15 is 0 Å². The van der Waals surface area contributed by atoms with Gasteiger partial charge in [-0.05, 0) is 0 Å². The van der Waals surface area contributed by atoms with Crippen molar-refractivity contribution < 1.29 is 42.2 Å². The van der Waals surface area contributed by atoms with Crippen molar-refractivity contribution in [2.45, 2.75) is 12.8 Å². The molecule has 2 aliphatic carbocycles. The maximum Gasteiger partial charge on any atom is -1.00 e. The number of allylic oxidation sites excluding steroid dienone is 4. The van der Waals surface area contributed by atoms with E-state index in [1.807, 2.05) is 0 Å². The molecular formula is C19H16Cl2Ti. The largest absolute Gasteiger partial charge is 1.00 e. The smallest absolute Gasteiger partial charge is 1.00 e. The van der Waals surface area contributed by atoms with Crippen LogP contribution >= 0.6 is 0 Å². The molecule has 0 aliphatic heterocycles. The summed E-state index contributed by atoms with van der Waals surface area (Å²) in [5.74, 6) is 0. The summed E-state index contributed by atoms with van der Waals surface area (Å²) in [5, 5.41) is 0. The van der Waals surface area contributed by atoms with Gasteiger partial charge in [0.05, 0.1) is 0 Å². The third kappa shape index (κ3) is 2.82. The average Bonchev–Trinajstić information content (AvgIpc) is 3.13. The van der Waals surface area contributed by atoms with Crippen molar-refractivity contribution in [1.82, 2.24) is 0 Å². The third-order valence-corrected chi connectivity index (χ3v) is 7.87. The van der Waals surface area contributed by atoms with Crippen LogP contribution in [-0.4, -0.2) is 4.82 Å². The van der Waals surface area contributed by atoms with E-state index in [9.17, 15) is 0 Å². The zero-order valence-corrected chi connectivity index (χ0v) is 15.2. The maximum absolute atomic E-state index is 4.59. The Bertz CT molecular complexity index is 788. The first kappa shape index (κ1) is 17.4. The van der Waals surface area contributed by atoms with Gasteiger partial charge in [-0.3, -0.25) is 0 Å². The number of rotatable bonds is 2. The molecule has 0 amide bonds. The molecule has 0 radical (unpaired) electrons. The van der Waals surface area contributed by atoms with Crippen molar-refractivity contribution >= 4 is 8.69 Å². The Morgan fingerprint density at radius 3 is 2.45 bits per heavy atom. The molecule has 3 heteroatoms. The molecule has 110 valence electrons. The maximum atomic E-state index is 4.59. The fourth-order valence-electron chi connectivity index (χ4n) is 3.28. The number of halogens is 2. The summed E-state index contributed by atoms with van der Waals surface area (Å²) in [6.45, 7) is 0. The van der Waals surface area contributed by atoms with Crippen LogP contribution < -0.4 is 28.7 Å². The average molecular weight is 363 g/mol. The van der Waals surface area contributed by atoms with Gasteiger partial charge in [0.25, 0.3) is 0 Å². The first-order valence-corrected chi connectivity index (χ1v) is 9.76. The molecule has 0 saturated heterocycles. The molecule has 0 saturated carbocycles. The zero-order valence-electron chi connectivity index (χ0n) is 12.2. The van der Waals surface area contributed by atoms with Crippen molar-refractivity contribution in [3.63, 3.8) is 0 Å². The molecule has 2 aliphatic rings. The van der Waals surface area contributed by atoms with E-state index < -0.39 is 17.4 Å². The van der Waals surface area contributed by atoms with Gasteiger partial charge >= 0.3 is 126 Å². The van der Waals surface area contributed by atoms with Crippen LogP contribution in [0.2, 0.25) is 0 Å². The van der Waals surface area contributed by atoms with Crippen LogP contribution in [-0.2, 0) is 23.8 Å². The molecule has 0 unspecified atom stereocenters.